The summed E-state index contributed by atoms with van der Waals surface area (Å²) in [5, 5.41) is 12.5. The van der Waals surface area contributed by atoms with Crippen LogP contribution in [0.1, 0.15) is 45.7 Å². The summed E-state index contributed by atoms with van der Waals surface area (Å²) in [5.41, 5.74) is 1.65. The molecule has 0 bridgehead atoms. The van der Waals surface area contributed by atoms with Crippen molar-refractivity contribution in [3.8, 4) is 6.07 Å². The third-order valence-electron chi connectivity index (χ3n) is 6.23. The van der Waals surface area contributed by atoms with E-state index in [1.165, 1.54) is 35.7 Å². The molecule has 2 unspecified atom stereocenters. The van der Waals surface area contributed by atoms with Crippen molar-refractivity contribution in [2.75, 3.05) is 0 Å². The number of hydrogen-bond acceptors (Lipinski definition) is 6. The molecule has 0 fully saturated rings. The molecule has 0 aromatic heterocycles. The Labute approximate surface area is 222 Å². The predicted octanol–water partition coefficient (Wildman–Crippen LogP) is 3.53. The Balaban J connectivity index is 2.27. The lowest BCUT2D eigenvalue weighted by atomic mass is 9.96. The first-order valence-electron chi connectivity index (χ1n) is 12.4. The van der Waals surface area contributed by atoms with Crippen molar-refractivity contribution < 1.29 is 23.9 Å². The molecule has 198 valence electrons. The second-order valence-electron chi connectivity index (χ2n) is 9.43. The fourth-order valence-corrected chi connectivity index (χ4v) is 4.62. The Hall–Kier alpha value is -4.45. The van der Waals surface area contributed by atoms with Gasteiger partial charge in [-0.1, -0.05) is 74.5 Å². The first kappa shape index (κ1) is 28.1. The van der Waals surface area contributed by atoms with Crippen LogP contribution < -0.4 is 0 Å². The molecule has 2 aromatic carbocycles. The molecule has 9 nitrogen and oxygen atoms in total. The van der Waals surface area contributed by atoms with Gasteiger partial charge in [0, 0.05) is 32.5 Å². The van der Waals surface area contributed by atoms with Gasteiger partial charge in [0.2, 0.25) is 17.9 Å². The summed E-state index contributed by atoms with van der Waals surface area (Å²) in [6.07, 6.45) is 0.317. The minimum absolute atomic E-state index is 0.126. The summed E-state index contributed by atoms with van der Waals surface area (Å²) in [7, 11) is 0. The van der Waals surface area contributed by atoms with Gasteiger partial charge in [-0.05, 0) is 17.9 Å². The summed E-state index contributed by atoms with van der Waals surface area (Å²) in [6, 6.07) is 18.1. The number of amides is 3. The Bertz CT molecular complexity index is 1250. The number of hydrazine groups is 1. The maximum atomic E-state index is 14.2. The van der Waals surface area contributed by atoms with Crippen molar-refractivity contribution in [3.63, 3.8) is 0 Å². The van der Waals surface area contributed by atoms with Crippen LogP contribution >= 0.6 is 0 Å². The number of carbonyl (C=O) groups is 4. The summed E-state index contributed by atoms with van der Waals surface area (Å²) in [6.45, 7) is 7.48. The highest BCUT2D eigenvalue weighted by Gasteiger charge is 2.46. The van der Waals surface area contributed by atoms with Crippen LogP contribution in [-0.2, 0) is 30.3 Å². The van der Waals surface area contributed by atoms with E-state index in [2.05, 4.69) is 0 Å². The highest BCUT2D eigenvalue weighted by atomic mass is 16.5. The lowest BCUT2D eigenvalue weighted by molar-refractivity contribution is -0.172. The van der Waals surface area contributed by atoms with E-state index >= 15 is 0 Å². The number of esters is 1. The van der Waals surface area contributed by atoms with Crippen molar-refractivity contribution in [1.82, 2.24) is 14.9 Å². The molecule has 38 heavy (non-hydrogen) atoms. The zero-order valence-corrected chi connectivity index (χ0v) is 22.2. The van der Waals surface area contributed by atoms with Crippen molar-refractivity contribution in [1.29, 1.82) is 5.26 Å². The average Bonchev–Trinajstić information content (AvgIpc) is 2.87. The summed E-state index contributed by atoms with van der Waals surface area (Å²) >= 11 is 0. The molecule has 1 heterocycles. The molecule has 1 aliphatic rings. The third-order valence-corrected chi connectivity index (χ3v) is 6.23. The predicted molar refractivity (Wildman–Crippen MR) is 140 cm³/mol. The van der Waals surface area contributed by atoms with Crippen LogP contribution in [0, 0.1) is 17.2 Å². The first-order valence-corrected chi connectivity index (χ1v) is 12.4. The van der Waals surface area contributed by atoms with Crippen molar-refractivity contribution in [2.45, 2.75) is 59.2 Å². The second kappa shape index (κ2) is 12.2. The quantitative estimate of drug-likeness (QED) is 0.497. The van der Waals surface area contributed by atoms with Crippen LogP contribution in [0.2, 0.25) is 0 Å². The normalized spacial score (nSPS) is 16.8. The minimum Gasteiger partial charge on any atom is -0.445 e. The minimum atomic E-state index is -1.37. The molecule has 1 aliphatic heterocycles. The molecule has 9 heteroatoms. The molecule has 3 rings (SSSR count). The third kappa shape index (κ3) is 6.09. The number of rotatable bonds is 8. The van der Waals surface area contributed by atoms with Gasteiger partial charge >= 0.3 is 5.97 Å². The van der Waals surface area contributed by atoms with Crippen molar-refractivity contribution in [3.05, 3.63) is 78.0 Å². The smallest absolute Gasteiger partial charge is 0.304 e. The Kier molecular flexibility index (Phi) is 9.02. The summed E-state index contributed by atoms with van der Waals surface area (Å²) < 4.78 is 5.35. The number of nitrogens with zero attached hydrogens (tertiary/aromatic N) is 4. The number of ether oxygens (including phenoxy) is 1. The van der Waals surface area contributed by atoms with Crippen LogP contribution in [0.15, 0.2) is 66.9 Å². The molecule has 0 aliphatic carbocycles. The standard InChI is InChI=1S/C29H32N4O5/c1-19(2)28-29(37)33(26(18-31(28)20(3)34)24-14-10-7-11-15-24)32(21(4)35)25(27(17-30)38-22(5)36)16-23-12-8-6-9-13-23/h6-15,18-19,25,27-28H,16H2,1-5H3/t25-,27?,28?/m0/s1. The molecule has 0 radical (unpaired) electrons. The zero-order valence-electron chi connectivity index (χ0n) is 22.2. The largest absolute Gasteiger partial charge is 0.445 e. The topological polar surface area (TPSA) is 111 Å². The lowest BCUT2D eigenvalue weighted by Gasteiger charge is -2.47. The van der Waals surface area contributed by atoms with Gasteiger partial charge in [0.25, 0.3) is 5.91 Å². The van der Waals surface area contributed by atoms with Crippen molar-refractivity contribution >= 4 is 29.4 Å². The van der Waals surface area contributed by atoms with Gasteiger partial charge in [0.15, 0.2) is 0 Å². The highest BCUT2D eigenvalue weighted by Crippen LogP contribution is 2.33. The van der Waals surface area contributed by atoms with Gasteiger partial charge < -0.3 is 9.64 Å². The average molecular weight is 517 g/mol. The van der Waals surface area contributed by atoms with Gasteiger partial charge in [-0.2, -0.15) is 5.26 Å². The molecular weight excluding hydrogens is 484 g/mol. The van der Waals surface area contributed by atoms with E-state index in [4.69, 9.17) is 4.74 Å². The number of nitriles is 1. The first-order chi connectivity index (χ1) is 18.1. The van der Waals surface area contributed by atoms with Gasteiger partial charge in [-0.15, -0.1) is 0 Å². The monoisotopic (exact) mass is 516 g/mol. The summed E-state index contributed by atoms with van der Waals surface area (Å²) in [5.74, 6) is -2.35. The van der Waals surface area contributed by atoms with Crippen LogP contribution in [0.3, 0.4) is 0 Å². The number of hydrogen-bond donors (Lipinski definition) is 0. The molecule has 2 aromatic rings. The van der Waals surface area contributed by atoms with Gasteiger partial charge in [-0.3, -0.25) is 19.2 Å². The van der Waals surface area contributed by atoms with Crippen LogP contribution in [0.4, 0.5) is 0 Å². The van der Waals surface area contributed by atoms with Gasteiger partial charge in [0.1, 0.15) is 18.2 Å². The Morgan fingerprint density at radius 1 is 1.00 bits per heavy atom. The number of benzene rings is 2. The maximum absolute atomic E-state index is 14.2. The second-order valence-corrected chi connectivity index (χ2v) is 9.43. The van der Waals surface area contributed by atoms with E-state index in [0.29, 0.717) is 5.56 Å². The van der Waals surface area contributed by atoms with Crippen LogP contribution in [-0.4, -0.2) is 56.8 Å². The maximum Gasteiger partial charge on any atom is 0.304 e. The molecule has 3 atom stereocenters. The van der Waals surface area contributed by atoms with E-state index < -0.39 is 36.0 Å². The number of carbonyl (C=O) groups excluding carboxylic acids is 4. The lowest BCUT2D eigenvalue weighted by Crippen LogP contribution is -2.64. The Morgan fingerprint density at radius 3 is 2.05 bits per heavy atom. The van der Waals surface area contributed by atoms with E-state index in [1.54, 1.807) is 30.5 Å². The van der Waals surface area contributed by atoms with Crippen LogP contribution in [0.5, 0.6) is 0 Å². The van der Waals surface area contributed by atoms with Gasteiger partial charge in [0.05, 0.1) is 5.70 Å². The SMILES string of the molecule is CC(=O)OC(C#N)[C@H](Cc1ccccc1)N(C(C)=O)N1C(=O)C(C(C)C)N(C(C)=O)C=C1c1ccccc1. The molecule has 0 saturated carbocycles. The van der Waals surface area contributed by atoms with E-state index in [0.717, 1.165) is 5.56 Å². The fourth-order valence-electron chi connectivity index (χ4n) is 4.62. The molecule has 3 amide bonds. The molecule has 0 N–H and O–H groups in total. The van der Waals surface area contributed by atoms with E-state index in [-0.39, 0.29) is 23.9 Å². The molecule has 0 saturated heterocycles. The highest BCUT2D eigenvalue weighted by molar-refractivity contribution is 5.98. The van der Waals surface area contributed by atoms with Crippen molar-refractivity contribution in [2.24, 2.45) is 5.92 Å². The van der Waals surface area contributed by atoms with E-state index in [1.807, 2.05) is 56.3 Å². The molecule has 0 spiro atoms. The van der Waals surface area contributed by atoms with Crippen LogP contribution in [0.25, 0.3) is 5.70 Å². The zero-order chi connectivity index (χ0) is 28.0. The summed E-state index contributed by atoms with van der Waals surface area (Å²) in [4.78, 5) is 53.5. The molecular formula is C29H32N4O5. The Morgan fingerprint density at radius 2 is 1.58 bits per heavy atom. The van der Waals surface area contributed by atoms with Gasteiger partial charge in [-0.25, -0.2) is 10.0 Å². The van der Waals surface area contributed by atoms with E-state index in [9.17, 15) is 24.4 Å². The fraction of sp³-hybridized carbons (Fsp3) is 0.345.